The number of carboxylic acid groups (broad SMARTS) is 1. The second-order valence-electron chi connectivity index (χ2n) is 5.74. The maximum Gasteiger partial charge on any atom is 0.416 e. The number of nitrogens with one attached hydrogen (secondary N) is 1. The average molecular weight is 345 g/mol. The van der Waals surface area contributed by atoms with Crippen molar-refractivity contribution in [3.63, 3.8) is 0 Å². The number of rotatable bonds is 9. The van der Waals surface area contributed by atoms with Gasteiger partial charge in [0.2, 0.25) is 5.91 Å². The molecule has 24 heavy (non-hydrogen) atoms. The number of unbranched alkanes of at least 4 members (excludes halogenated alkanes) is 2. The number of aliphatic carboxylic acids is 1. The van der Waals surface area contributed by atoms with Gasteiger partial charge in [0.1, 0.15) is 0 Å². The van der Waals surface area contributed by atoms with E-state index in [0.717, 1.165) is 6.07 Å². The van der Waals surface area contributed by atoms with Crippen molar-refractivity contribution in [1.82, 2.24) is 5.32 Å². The van der Waals surface area contributed by atoms with Crippen LogP contribution in [-0.4, -0.2) is 23.5 Å². The summed E-state index contributed by atoms with van der Waals surface area (Å²) in [5.41, 5.74) is -0.597. The van der Waals surface area contributed by atoms with Gasteiger partial charge >= 0.3 is 12.1 Å². The van der Waals surface area contributed by atoms with Crippen LogP contribution in [0.5, 0.6) is 0 Å². The third kappa shape index (κ3) is 7.02. The van der Waals surface area contributed by atoms with Crippen molar-refractivity contribution in [3.05, 3.63) is 35.4 Å². The van der Waals surface area contributed by atoms with Crippen LogP contribution in [0, 0.1) is 0 Å². The highest BCUT2D eigenvalue weighted by molar-refractivity contribution is 5.76. The molecule has 0 saturated carbocycles. The normalized spacial score (nSPS) is 12.7. The number of hydrogen-bond donors (Lipinski definition) is 2. The number of halogens is 3. The highest BCUT2D eigenvalue weighted by atomic mass is 19.4. The number of benzene rings is 1. The van der Waals surface area contributed by atoms with Crippen molar-refractivity contribution in [1.29, 1.82) is 0 Å². The van der Waals surface area contributed by atoms with Crippen LogP contribution < -0.4 is 5.32 Å². The Balaban J connectivity index is 2.44. The lowest BCUT2D eigenvalue weighted by Gasteiger charge is -2.18. The fourth-order valence-corrected chi connectivity index (χ4v) is 2.45. The zero-order chi connectivity index (χ0) is 18.2. The molecule has 0 radical (unpaired) electrons. The SMILES string of the molecule is CC(CC(=O)NCCCCCC(=O)O)c1ccccc1C(F)(F)F. The van der Waals surface area contributed by atoms with Gasteiger partial charge in [-0.15, -0.1) is 0 Å². The maximum absolute atomic E-state index is 13.0. The zero-order valence-corrected chi connectivity index (χ0v) is 13.5. The summed E-state index contributed by atoms with van der Waals surface area (Å²) < 4.78 is 38.9. The van der Waals surface area contributed by atoms with Gasteiger partial charge in [-0.2, -0.15) is 13.2 Å². The van der Waals surface area contributed by atoms with Gasteiger partial charge in [-0.1, -0.05) is 31.5 Å². The standard InChI is InChI=1S/C17H22F3NO3/c1-12(13-7-4-5-8-14(13)17(18,19)20)11-15(22)21-10-6-2-3-9-16(23)24/h4-5,7-8,12H,2-3,6,9-11H2,1H3,(H,21,22)(H,23,24). The van der Waals surface area contributed by atoms with E-state index >= 15 is 0 Å². The van der Waals surface area contributed by atoms with E-state index in [2.05, 4.69) is 5.32 Å². The molecule has 1 unspecified atom stereocenters. The Morgan fingerprint density at radius 2 is 1.83 bits per heavy atom. The van der Waals surface area contributed by atoms with Gasteiger partial charge in [0.25, 0.3) is 0 Å². The van der Waals surface area contributed by atoms with Gasteiger partial charge in [-0.3, -0.25) is 9.59 Å². The predicted molar refractivity (Wildman–Crippen MR) is 83.6 cm³/mol. The van der Waals surface area contributed by atoms with E-state index in [1.54, 1.807) is 6.92 Å². The Morgan fingerprint density at radius 3 is 2.46 bits per heavy atom. The van der Waals surface area contributed by atoms with Crippen molar-refractivity contribution >= 4 is 11.9 Å². The Bertz CT molecular complexity index is 558. The van der Waals surface area contributed by atoms with Crippen LogP contribution in [0.2, 0.25) is 0 Å². The van der Waals surface area contributed by atoms with Crippen LogP contribution in [-0.2, 0) is 15.8 Å². The topological polar surface area (TPSA) is 66.4 Å². The van der Waals surface area contributed by atoms with E-state index in [1.807, 2.05) is 0 Å². The van der Waals surface area contributed by atoms with Crippen molar-refractivity contribution < 1.29 is 27.9 Å². The van der Waals surface area contributed by atoms with Crippen molar-refractivity contribution in [2.75, 3.05) is 6.54 Å². The molecule has 1 atom stereocenters. The van der Waals surface area contributed by atoms with E-state index in [4.69, 9.17) is 5.11 Å². The summed E-state index contributed by atoms with van der Waals surface area (Å²) in [7, 11) is 0. The van der Waals surface area contributed by atoms with Crippen LogP contribution in [0.1, 0.15) is 56.1 Å². The van der Waals surface area contributed by atoms with Crippen LogP contribution in [0.25, 0.3) is 0 Å². The number of amides is 1. The molecule has 1 aromatic carbocycles. The molecule has 0 fully saturated rings. The van der Waals surface area contributed by atoms with E-state index in [1.165, 1.54) is 18.2 Å². The molecule has 4 nitrogen and oxygen atoms in total. The fourth-order valence-electron chi connectivity index (χ4n) is 2.45. The Kier molecular flexibility index (Phi) is 7.74. The molecule has 0 bridgehead atoms. The molecule has 0 saturated heterocycles. The van der Waals surface area contributed by atoms with Gasteiger partial charge in [-0.05, 0) is 30.4 Å². The molecule has 0 heterocycles. The summed E-state index contributed by atoms with van der Waals surface area (Å²) in [4.78, 5) is 22.2. The van der Waals surface area contributed by atoms with Gasteiger partial charge in [0, 0.05) is 19.4 Å². The third-order valence-corrected chi connectivity index (χ3v) is 3.68. The van der Waals surface area contributed by atoms with Crippen molar-refractivity contribution in [2.45, 2.75) is 51.1 Å². The molecule has 0 aliphatic heterocycles. The Morgan fingerprint density at radius 1 is 1.17 bits per heavy atom. The predicted octanol–water partition coefficient (Wildman–Crippen LogP) is 3.96. The first-order valence-corrected chi connectivity index (χ1v) is 7.86. The first kappa shape index (κ1) is 20.0. The van der Waals surface area contributed by atoms with Crippen LogP contribution in [0.15, 0.2) is 24.3 Å². The third-order valence-electron chi connectivity index (χ3n) is 3.68. The lowest BCUT2D eigenvalue weighted by molar-refractivity contribution is -0.139. The Labute approximate surface area is 139 Å². The molecule has 7 heteroatoms. The van der Waals surface area contributed by atoms with Crippen LogP contribution in [0.3, 0.4) is 0 Å². The largest absolute Gasteiger partial charge is 0.481 e. The summed E-state index contributed by atoms with van der Waals surface area (Å²) in [6, 6.07) is 5.27. The van der Waals surface area contributed by atoms with E-state index in [0.29, 0.717) is 25.8 Å². The molecular weight excluding hydrogens is 323 g/mol. The highest BCUT2D eigenvalue weighted by Gasteiger charge is 2.34. The van der Waals surface area contributed by atoms with Gasteiger partial charge in [-0.25, -0.2) is 0 Å². The average Bonchev–Trinajstić information content (AvgIpc) is 2.49. The molecular formula is C17H22F3NO3. The van der Waals surface area contributed by atoms with Crippen molar-refractivity contribution in [2.24, 2.45) is 0 Å². The van der Waals surface area contributed by atoms with Crippen LogP contribution >= 0.6 is 0 Å². The number of carboxylic acids is 1. The number of hydrogen-bond acceptors (Lipinski definition) is 2. The quantitative estimate of drug-likeness (QED) is 0.666. The van der Waals surface area contributed by atoms with E-state index in [9.17, 15) is 22.8 Å². The maximum atomic E-state index is 13.0. The smallest absolute Gasteiger partial charge is 0.416 e. The first-order chi connectivity index (χ1) is 11.2. The minimum atomic E-state index is -4.44. The molecule has 0 aliphatic carbocycles. The minimum absolute atomic E-state index is 0.0256. The fraction of sp³-hybridized carbons (Fsp3) is 0.529. The van der Waals surface area contributed by atoms with Gasteiger partial charge in [0.05, 0.1) is 5.56 Å². The Hall–Kier alpha value is -2.05. The molecule has 0 spiro atoms. The molecule has 134 valence electrons. The zero-order valence-electron chi connectivity index (χ0n) is 13.5. The number of alkyl halides is 3. The minimum Gasteiger partial charge on any atom is -0.481 e. The molecule has 1 amide bonds. The lowest BCUT2D eigenvalue weighted by atomic mass is 9.92. The summed E-state index contributed by atoms with van der Waals surface area (Å²) in [5, 5.41) is 11.2. The van der Waals surface area contributed by atoms with E-state index < -0.39 is 23.6 Å². The molecule has 1 rings (SSSR count). The molecule has 2 N–H and O–H groups in total. The highest BCUT2D eigenvalue weighted by Crippen LogP contribution is 2.35. The number of carbonyl (C=O) groups excluding carboxylic acids is 1. The second kappa shape index (κ2) is 9.30. The molecule has 0 aromatic heterocycles. The summed E-state index contributed by atoms with van der Waals surface area (Å²) >= 11 is 0. The lowest BCUT2D eigenvalue weighted by Crippen LogP contribution is -2.26. The van der Waals surface area contributed by atoms with E-state index in [-0.39, 0.29) is 24.3 Å². The summed E-state index contributed by atoms with van der Waals surface area (Å²) in [6.07, 6.45) is -2.50. The number of carbonyl (C=O) groups is 2. The summed E-state index contributed by atoms with van der Waals surface area (Å²) in [6.45, 7) is 1.99. The first-order valence-electron chi connectivity index (χ1n) is 7.86. The second-order valence-corrected chi connectivity index (χ2v) is 5.74. The molecule has 0 aliphatic rings. The van der Waals surface area contributed by atoms with Crippen LogP contribution in [0.4, 0.5) is 13.2 Å². The van der Waals surface area contributed by atoms with Gasteiger partial charge in [0.15, 0.2) is 0 Å². The van der Waals surface area contributed by atoms with Gasteiger partial charge < -0.3 is 10.4 Å². The monoisotopic (exact) mass is 345 g/mol. The molecule has 1 aromatic rings. The summed E-state index contributed by atoms with van der Waals surface area (Å²) in [5.74, 6) is -1.70. The van der Waals surface area contributed by atoms with Crippen molar-refractivity contribution in [3.8, 4) is 0 Å².